The highest BCUT2D eigenvalue weighted by molar-refractivity contribution is 6.45. The lowest BCUT2D eigenvalue weighted by Gasteiger charge is -2.34. The van der Waals surface area contributed by atoms with Crippen molar-refractivity contribution in [1.82, 2.24) is 14.4 Å². The summed E-state index contributed by atoms with van der Waals surface area (Å²) in [7, 11) is 0. The molecule has 4 rings (SSSR count). The number of amides is 2. The molecular weight excluding hydrogens is 401 g/mol. The van der Waals surface area contributed by atoms with Gasteiger partial charge in [0.1, 0.15) is 5.82 Å². The molecule has 0 radical (unpaired) electrons. The van der Waals surface area contributed by atoms with Crippen molar-refractivity contribution in [1.29, 1.82) is 0 Å². The molecule has 1 fully saturated rings. The van der Waals surface area contributed by atoms with Crippen molar-refractivity contribution < 1.29 is 23.6 Å². The third-order valence-corrected chi connectivity index (χ3v) is 5.43. The van der Waals surface area contributed by atoms with Crippen molar-refractivity contribution in [3.05, 3.63) is 71.7 Å². The largest absolute Gasteiger partial charge is 0.335 e. The number of ketones is 1. The summed E-state index contributed by atoms with van der Waals surface area (Å²) in [4.78, 5) is 53.2. The Labute approximate surface area is 177 Å². The lowest BCUT2D eigenvalue weighted by Crippen LogP contribution is -2.52. The maximum Gasteiger partial charge on any atom is 0.295 e. The van der Waals surface area contributed by atoms with E-state index in [2.05, 4.69) is 0 Å². The Hall–Kier alpha value is -3.81. The quantitative estimate of drug-likeness (QED) is 0.481. The van der Waals surface area contributed by atoms with Gasteiger partial charge in [0.05, 0.1) is 11.1 Å². The average Bonchev–Trinajstić information content (AvgIpc) is 3.20. The molecule has 2 amide bonds. The van der Waals surface area contributed by atoms with Gasteiger partial charge >= 0.3 is 0 Å². The van der Waals surface area contributed by atoms with Crippen molar-refractivity contribution in [2.75, 3.05) is 26.2 Å². The van der Waals surface area contributed by atoms with E-state index in [0.29, 0.717) is 5.56 Å². The number of fused-ring (bicyclic) bond motifs is 1. The van der Waals surface area contributed by atoms with Crippen molar-refractivity contribution in [2.24, 2.45) is 0 Å². The molecule has 1 saturated heterocycles. The van der Waals surface area contributed by atoms with E-state index >= 15 is 0 Å². The first kappa shape index (κ1) is 20.5. The number of carbonyl (C=O) groups excluding carboxylic acids is 4. The van der Waals surface area contributed by atoms with Crippen LogP contribution in [0.15, 0.2) is 54.7 Å². The van der Waals surface area contributed by atoms with Crippen LogP contribution in [0.3, 0.4) is 0 Å². The van der Waals surface area contributed by atoms with Crippen LogP contribution in [0, 0.1) is 5.82 Å². The van der Waals surface area contributed by atoms with Crippen LogP contribution in [0.4, 0.5) is 4.39 Å². The van der Waals surface area contributed by atoms with Gasteiger partial charge in [-0.1, -0.05) is 24.3 Å². The molecule has 1 aromatic heterocycles. The van der Waals surface area contributed by atoms with Gasteiger partial charge in [0.2, 0.25) is 5.91 Å². The van der Waals surface area contributed by atoms with E-state index in [1.54, 1.807) is 29.2 Å². The molecule has 0 unspecified atom stereocenters. The van der Waals surface area contributed by atoms with Gasteiger partial charge in [-0.25, -0.2) is 4.39 Å². The van der Waals surface area contributed by atoms with Crippen molar-refractivity contribution in [3.8, 4) is 0 Å². The highest BCUT2D eigenvalue weighted by Crippen LogP contribution is 2.25. The molecule has 2 heterocycles. The number of nitrogens with zero attached hydrogens (tertiary/aromatic N) is 3. The van der Waals surface area contributed by atoms with Crippen LogP contribution in [0.2, 0.25) is 0 Å². The SMILES string of the molecule is CC(=O)n1cc(C(=O)C(=O)N2CCN(C(=O)c3ccccc3)CC2)c2c(F)cccc21. The molecule has 0 aliphatic carbocycles. The Bertz CT molecular complexity index is 1190. The standard InChI is InChI=1S/C23H20FN3O4/c1-15(28)27-14-17(20-18(24)8-5-9-19(20)27)21(29)23(31)26-12-10-25(11-13-26)22(30)16-6-3-2-4-7-16/h2-9,14H,10-13H2,1H3. The summed E-state index contributed by atoms with van der Waals surface area (Å²) < 4.78 is 15.6. The van der Waals surface area contributed by atoms with E-state index in [0.717, 1.165) is 4.57 Å². The Balaban J connectivity index is 1.52. The van der Waals surface area contributed by atoms with Gasteiger partial charge in [0.25, 0.3) is 17.6 Å². The Morgan fingerprint density at radius 2 is 1.48 bits per heavy atom. The highest BCUT2D eigenvalue weighted by atomic mass is 19.1. The fourth-order valence-corrected chi connectivity index (χ4v) is 3.81. The molecule has 3 aromatic rings. The summed E-state index contributed by atoms with van der Waals surface area (Å²) in [6.07, 6.45) is 1.21. The van der Waals surface area contributed by atoms with Crippen LogP contribution < -0.4 is 0 Å². The van der Waals surface area contributed by atoms with E-state index in [1.807, 2.05) is 6.07 Å². The molecule has 0 atom stereocenters. The zero-order valence-corrected chi connectivity index (χ0v) is 16.9. The van der Waals surface area contributed by atoms with Gasteiger partial charge < -0.3 is 9.80 Å². The summed E-state index contributed by atoms with van der Waals surface area (Å²) in [6.45, 7) is 2.25. The molecule has 2 aromatic carbocycles. The summed E-state index contributed by atoms with van der Waals surface area (Å²) in [5.74, 6) is -2.86. The van der Waals surface area contributed by atoms with Crippen LogP contribution in [0.5, 0.6) is 0 Å². The van der Waals surface area contributed by atoms with Crippen molar-refractivity contribution >= 4 is 34.4 Å². The predicted molar refractivity (Wildman–Crippen MR) is 111 cm³/mol. The fourth-order valence-electron chi connectivity index (χ4n) is 3.81. The monoisotopic (exact) mass is 421 g/mol. The molecule has 0 spiro atoms. The van der Waals surface area contributed by atoms with Gasteiger partial charge in [-0.05, 0) is 24.3 Å². The number of rotatable bonds is 3. The molecule has 0 saturated carbocycles. The smallest absolute Gasteiger partial charge is 0.295 e. The molecular formula is C23H20FN3O4. The van der Waals surface area contributed by atoms with Crippen molar-refractivity contribution in [2.45, 2.75) is 6.92 Å². The highest BCUT2D eigenvalue weighted by Gasteiger charge is 2.31. The van der Waals surface area contributed by atoms with Gasteiger partial charge in [0.15, 0.2) is 0 Å². The number of hydrogen-bond acceptors (Lipinski definition) is 4. The summed E-state index contributed by atoms with van der Waals surface area (Å²) in [5.41, 5.74) is 0.656. The molecule has 1 aliphatic heterocycles. The first-order valence-electron chi connectivity index (χ1n) is 9.87. The number of piperazine rings is 1. The van der Waals surface area contributed by atoms with Crippen LogP contribution in [0.1, 0.15) is 32.4 Å². The second-order valence-electron chi connectivity index (χ2n) is 7.35. The van der Waals surface area contributed by atoms with E-state index in [4.69, 9.17) is 0 Å². The topological polar surface area (TPSA) is 79.7 Å². The lowest BCUT2D eigenvalue weighted by atomic mass is 10.1. The van der Waals surface area contributed by atoms with Crippen LogP contribution in [-0.4, -0.2) is 64.1 Å². The second-order valence-corrected chi connectivity index (χ2v) is 7.35. The molecule has 31 heavy (non-hydrogen) atoms. The van der Waals surface area contributed by atoms with E-state index in [9.17, 15) is 23.6 Å². The Kier molecular flexibility index (Phi) is 5.37. The van der Waals surface area contributed by atoms with Crippen molar-refractivity contribution in [3.63, 3.8) is 0 Å². The van der Waals surface area contributed by atoms with E-state index in [1.165, 1.54) is 36.2 Å². The lowest BCUT2D eigenvalue weighted by molar-refractivity contribution is -0.127. The Morgan fingerprint density at radius 1 is 0.839 bits per heavy atom. The molecule has 158 valence electrons. The molecule has 0 N–H and O–H groups in total. The summed E-state index contributed by atoms with van der Waals surface area (Å²) in [5, 5.41) is -0.0473. The molecule has 7 nitrogen and oxygen atoms in total. The molecule has 8 heteroatoms. The number of hydrogen-bond donors (Lipinski definition) is 0. The first-order valence-corrected chi connectivity index (χ1v) is 9.87. The average molecular weight is 421 g/mol. The first-order chi connectivity index (χ1) is 14.9. The summed E-state index contributed by atoms with van der Waals surface area (Å²) >= 11 is 0. The number of carbonyl (C=O) groups is 4. The third-order valence-electron chi connectivity index (χ3n) is 5.43. The van der Waals surface area contributed by atoms with E-state index < -0.39 is 23.4 Å². The number of benzene rings is 2. The minimum Gasteiger partial charge on any atom is -0.335 e. The third kappa shape index (κ3) is 3.72. The normalized spacial score (nSPS) is 14.0. The summed E-state index contributed by atoms with van der Waals surface area (Å²) in [6, 6.07) is 13.0. The van der Waals surface area contributed by atoms with Gasteiger partial charge in [0, 0.05) is 50.2 Å². The van der Waals surface area contributed by atoms with Crippen LogP contribution in [-0.2, 0) is 4.79 Å². The van der Waals surface area contributed by atoms with E-state index in [-0.39, 0.29) is 48.6 Å². The maximum absolute atomic E-state index is 14.4. The molecule has 0 bridgehead atoms. The minimum atomic E-state index is -0.877. The predicted octanol–water partition coefficient (Wildman–Crippen LogP) is 2.61. The van der Waals surface area contributed by atoms with Crippen LogP contribution in [0.25, 0.3) is 10.9 Å². The zero-order chi connectivity index (χ0) is 22.1. The van der Waals surface area contributed by atoms with Crippen LogP contribution >= 0.6 is 0 Å². The molecule has 1 aliphatic rings. The van der Waals surface area contributed by atoms with Gasteiger partial charge in [-0.15, -0.1) is 0 Å². The maximum atomic E-state index is 14.4. The minimum absolute atomic E-state index is 0.0473. The zero-order valence-electron chi connectivity index (χ0n) is 16.9. The number of Topliss-reactive ketones (excluding diaryl/α,β-unsaturated/α-hetero) is 1. The Morgan fingerprint density at radius 3 is 2.13 bits per heavy atom. The fraction of sp³-hybridized carbons (Fsp3) is 0.217. The number of aromatic nitrogens is 1. The van der Waals surface area contributed by atoms with Gasteiger partial charge in [-0.2, -0.15) is 0 Å². The number of halogens is 1. The van der Waals surface area contributed by atoms with Gasteiger partial charge in [-0.3, -0.25) is 23.7 Å². The second kappa shape index (κ2) is 8.14.